The second-order valence-corrected chi connectivity index (χ2v) is 7.44. The van der Waals surface area contributed by atoms with E-state index in [-0.39, 0.29) is 17.2 Å². The molecule has 0 bridgehead atoms. The van der Waals surface area contributed by atoms with Crippen LogP contribution in [0, 0.1) is 5.92 Å². The van der Waals surface area contributed by atoms with E-state index in [2.05, 4.69) is 17.4 Å². The lowest BCUT2D eigenvalue weighted by atomic mass is 9.93. The molecule has 0 unspecified atom stereocenters. The van der Waals surface area contributed by atoms with Crippen molar-refractivity contribution in [1.29, 1.82) is 0 Å². The van der Waals surface area contributed by atoms with E-state index in [1.54, 1.807) is 20.3 Å². The van der Waals surface area contributed by atoms with Gasteiger partial charge < -0.3 is 19.5 Å². The Bertz CT molecular complexity index is 1010. The Labute approximate surface area is 176 Å². The zero-order valence-corrected chi connectivity index (χ0v) is 17.1. The number of carbonyl (C=O) groups is 1. The van der Waals surface area contributed by atoms with Crippen molar-refractivity contribution in [2.24, 2.45) is 5.92 Å². The molecule has 5 heteroatoms. The van der Waals surface area contributed by atoms with Gasteiger partial charge >= 0.3 is 0 Å². The fourth-order valence-corrected chi connectivity index (χ4v) is 3.85. The molecule has 5 nitrogen and oxygen atoms in total. The minimum Gasteiger partial charge on any atom is -0.493 e. The van der Waals surface area contributed by atoms with Crippen LogP contribution in [-0.2, 0) is 10.2 Å². The van der Waals surface area contributed by atoms with Crippen molar-refractivity contribution < 1.29 is 19.0 Å². The molecule has 1 fully saturated rings. The van der Waals surface area contributed by atoms with Crippen molar-refractivity contribution in [3.8, 4) is 17.2 Å². The summed E-state index contributed by atoms with van der Waals surface area (Å²) < 4.78 is 16.8. The van der Waals surface area contributed by atoms with Gasteiger partial charge in [0, 0.05) is 17.2 Å². The fraction of sp³-hybridized carbons (Fsp3) is 0.240. The predicted molar refractivity (Wildman–Crippen MR) is 116 cm³/mol. The van der Waals surface area contributed by atoms with E-state index < -0.39 is 0 Å². The molecular formula is C25H25NO4. The van der Waals surface area contributed by atoms with Crippen LogP contribution >= 0.6 is 0 Å². The number of ether oxygens (including phenoxy) is 3. The van der Waals surface area contributed by atoms with Gasteiger partial charge in [0.2, 0.25) is 5.91 Å². The van der Waals surface area contributed by atoms with Gasteiger partial charge in [0.25, 0.3) is 0 Å². The monoisotopic (exact) mass is 403 g/mol. The van der Waals surface area contributed by atoms with E-state index in [0.29, 0.717) is 23.9 Å². The van der Waals surface area contributed by atoms with Gasteiger partial charge in [-0.25, -0.2) is 0 Å². The number of hydrogen-bond donors (Lipinski definition) is 1. The molecule has 1 aliphatic rings. The molecule has 3 aromatic rings. The number of anilines is 1. The summed E-state index contributed by atoms with van der Waals surface area (Å²) in [6, 6.07) is 25.1. The number of methoxy groups -OCH3 is 2. The van der Waals surface area contributed by atoms with E-state index in [1.165, 1.54) is 0 Å². The summed E-state index contributed by atoms with van der Waals surface area (Å²) in [5.74, 6) is 1.80. The molecule has 1 N–H and O–H groups in total. The SMILES string of the molecule is COc1ccc(OC[C@@]2(c3ccccc3)C[C@H]2C(=O)Nc2ccccc2)cc1OC. The van der Waals surface area contributed by atoms with Crippen molar-refractivity contribution in [3.63, 3.8) is 0 Å². The highest BCUT2D eigenvalue weighted by Crippen LogP contribution is 2.55. The van der Waals surface area contributed by atoms with Crippen LogP contribution < -0.4 is 19.5 Å². The Morgan fingerprint density at radius 2 is 1.60 bits per heavy atom. The number of carbonyl (C=O) groups excluding carboxylic acids is 1. The van der Waals surface area contributed by atoms with Crippen molar-refractivity contribution in [1.82, 2.24) is 0 Å². The van der Waals surface area contributed by atoms with Gasteiger partial charge in [-0.05, 0) is 36.2 Å². The quantitative estimate of drug-likeness (QED) is 0.593. The average molecular weight is 403 g/mol. The molecule has 0 spiro atoms. The molecule has 4 rings (SSSR count). The molecule has 3 aromatic carbocycles. The molecule has 154 valence electrons. The number of benzene rings is 3. The Hall–Kier alpha value is -3.47. The van der Waals surface area contributed by atoms with Gasteiger partial charge in [-0.3, -0.25) is 4.79 Å². The lowest BCUT2D eigenvalue weighted by Crippen LogP contribution is -2.26. The first-order chi connectivity index (χ1) is 14.7. The minimum absolute atomic E-state index is 0.0148. The first kappa shape index (κ1) is 19.8. The second kappa shape index (κ2) is 8.49. The number of nitrogens with one attached hydrogen (secondary N) is 1. The molecular weight excluding hydrogens is 378 g/mol. The normalized spacial score (nSPS) is 19.6. The van der Waals surface area contributed by atoms with Crippen LogP contribution in [0.3, 0.4) is 0 Å². The maximum atomic E-state index is 13.0. The lowest BCUT2D eigenvalue weighted by molar-refractivity contribution is -0.117. The van der Waals surface area contributed by atoms with Gasteiger partial charge in [0.15, 0.2) is 11.5 Å². The van der Waals surface area contributed by atoms with Crippen LogP contribution in [0.4, 0.5) is 5.69 Å². The van der Waals surface area contributed by atoms with E-state index >= 15 is 0 Å². The summed E-state index contributed by atoms with van der Waals surface area (Å²) in [6.45, 7) is 0.402. The van der Waals surface area contributed by atoms with Crippen LogP contribution in [0.1, 0.15) is 12.0 Å². The first-order valence-corrected chi connectivity index (χ1v) is 9.92. The number of hydrogen-bond acceptors (Lipinski definition) is 4. The van der Waals surface area contributed by atoms with Crippen LogP contribution in [0.15, 0.2) is 78.9 Å². The molecule has 1 saturated carbocycles. The highest BCUT2D eigenvalue weighted by molar-refractivity contribution is 5.96. The second-order valence-electron chi connectivity index (χ2n) is 7.44. The molecule has 0 heterocycles. The topological polar surface area (TPSA) is 56.8 Å². The highest BCUT2D eigenvalue weighted by atomic mass is 16.5. The maximum absolute atomic E-state index is 13.0. The summed E-state index contributed by atoms with van der Waals surface area (Å²) >= 11 is 0. The molecule has 0 radical (unpaired) electrons. The van der Waals surface area contributed by atoms with E-state index in [0.717, 1.165) is 17.7 Å². The standard InChI is InChI=1S/C25H25NO4/c1-28-22-14-13-20(15-23(22)29-2)30-17-25(18-9-5-3-6-10-18)16-21(25)24(27)26-19-11-7-4-8-12-19/h3-15,21H,16-17H2,1-2H3,(H,26,27)/t21-,25+/m0/s1. The van der Waals surface area contributed by atoms with Gasteiger partial charge in [-0.2, -0.15) is 0 Å². The Balaban J connectivity index is 1.53. The van der Waals surface area contributed by atoms with Crippen LogP contribution in [0.25, 0.3) is 0 Å². The van der Waals surface area contributed by atoms with Gasteiger partial charge in [-0.1, -0.05) is 48.5 Å². The van der Waals surface area contributed by atoms with Crippen LogP contribution in [-0.4, -0.2) is 26.7 Å². The molecule has 1 aliphatic carbocycles. The summed E-state index contributed by atoms with van der Waals surface area (Å²) in [4.78, 5) is 13.0. The van der Waals surface area contributed by atoms with Crippen LogP contribution in [0.5, 0.6) is 17.2 Å². The Kier molecular flexibility index (Phi) is 5.61. The number of rotatable bonds is 8. The number of amides is 1. The zero-order valence-electron chi connectivity index (χ0n) is 17.1. The highest BCUT2D eigenvalue weighted by Gasteiger charge is 2.60. The Morgan fingerprint density at radius 3 is 2.27 bits per heavy atom. The Morgan fingerprint density at radius 1 is 0.933 bits per heavy atom. The van der Waals surface area contributed by atoms with Gasteiger partial charge in [-0.15, -0.1) is 0 Å². The molecule has 0 aliphatic heterocycles. The third kappa shape index (κ3) is 3.96. The van der Waals surface area contributed by atoms with Crippen molar-refractivity contribution in [2.45, 2.75) is 11.8 Å². The summed E-state index contributed by atoms with van der Waals surface area (Å²) in [5, 5.41) is 3.03. The molecule has 2 atom stereocenters. The third-order valence-electron chi connectivity index (χ3n) is 5.63. The fourth-order valence-electron chi connectivity index (χ4n) is 3.85. The number of para-hydroxylation sites is 1. The predicted octanol–water partition coefficient (Wildman–Crippen LogP) is 4.68. The largest absolute Gasteiger partial charge is 0.493 e. The van der Waals surface area contributed by atoms with Crippen molar-refractivity contribution in [3.05, 3.63) is 84.4 Å². The molecule has 1 amide bonds. The van der Waals surface area contributed by atoms with Crippen molar-refractivity contribution >= 4 is 11.6 Å². The van der Waals surface area contributed by atoms with E-state index in [4.69, 9.17) is 14.2 Å². The minimum atomic E-state index is -0.354. The average Bonchev–Trinajstić information content (AvgIpc) is 3.55. The van der Waals surface area contributed by atoms with E-state index in [9.17, 15) is 4.79 Å². The molecule has 30 heavy (non-hydrogen) atoms. The smallest absolute Gasteiger partial charge is 0.228 e. The zero-order chi connectivity index (χ0) is 21.0. The van der Waals surface area contributed by atoms with Gasteiger partial charge in [0.05, 0.1) is 26.7 Å². The van der Waals surface area contributed by atoms with Crippen molar-refractivity contribution in [2.75, 3.05) is 26.1 Å². The van der Waals surface area contributed by atoms with Gasteiger partial charge in [0.1, 0.15) is 5.75 Å². The first-order valence-electron chi connectivity index (χ1n) is 9.92. The third-order valence-corrected chi connectivity index (χ3v) is 5.63. The van der Waals surface area contributed by atoms with Crippen LogP contribution in [0.2, 0.25) is 0 Å². The lowest BCUT2D eigenvalue weighted by Gasteiger charge is -2.20. The molecule has 0 aromatic heterocycles. The summed E-state index contributed by atoms with van der Waals surface area (Å²) in [7, 11) is 3.20. The summed E-state index contributed by atoms with van der Waals surface area (Å²) in [5.41, 5.74) is 1.56. The van der Waals surface area contributed by atoms with E-state index in [1.807, 2.05) is 60.7 Å². The maximum Gasteiger partial charge on any atom is 0.228 e. The summed E-state index contributed by atoms with van der Waals surface area (Å²) in [6.07, 6.45) is 0.739. The molecule has 0 saturated heterocycles.